The van der Waals surface area contributed by atoms with Crippen LogP contribution < -0.4 is 5.32 Å². The number of amides is 4. The predicted molar refractivity (Wildman–Crippen MR) is 209 cm³/mol. The van der Waals surface area contributed by atoms with Gasteiger partial charge in [-0.15, -0.1) is 0 Å². The molecule has 14 heteroatoms. The highest BCUT2D eigenvalue weighted by molar-refractivity contribution is 5.89. The molecule has 4 heterocycles. The lowest BCUT2D eigenvalue weighted by molar-refractivity contribution is -0.140. The van der Waals surface area contributed by atoms with Crippen LogP contribution in [0, 0.1) is 29.6 Å². The summed E-state index contributed by atoms with van der Waals surface area (Å²) >= 11 is 0. The predicted octanol–water partition coefficient (Wildman–Crippen LogP) is 6.08. The van der Waals surface area contributed by atoms with E-state index in [0.717, 1.165) is 58.2 Å². The van der Waals surface area contributed by atoms with E-state index < -0.39 is 24.3 Å². The topological polar surface area (TPSA) is 177 Å². The van der Waals surface area contributed by atoms with E-state index in [9.17, 15) is 24.3 Å². The molecule has 3 aliphatic rings. The van der Waals surface area contributed by atoms with E-state index in [-0.39, 0.29) is 47.8 Å². The Morgan fingerprint density at radius 3 is 2.32 bits per heavy atom. The Morgan fingerprint density at radius 1 is 0.893 bits per heavy atom. The number of fused-ring (bicyclic) bond motifs is 2. The minimum atomic E-state index is -1.12. The molecule has 1 saturated carbocycles. The fourth-order valence-corrected chi connectivity index (χ4v) is 8.52. The number of methoxy groups -OCH3 is 1. The van der Waals surface area contributed by atoms with Crippen LogP contribution in [0.1, 0.15) is 95.3 Å². The fourth-order valence-electron chi connectivity index (χ4n) is 8.52. The number of rotatable bonds is 9. The number of carbonyl (C=O) groups is 4. The summed E-state index contributed by atoms with van der Waals surface area (Å²) in [6.07, 6.45) is 5.18. The zero-order valence-corrected chi connectivity index (χ0v) is 32.9. The van der Waals surface area contributed by atoms with Gasteiger partial charge in [-0.3, -0.25) is 14.5 Å². The maximum Gasteiger partial charge on any atom is 0.407 e. The smallest absolute Gasteiger partial charge is 0.407 e. The minimum Gasteiger partial charge on any atom is -0.465 e. The summed E-state index contributed by atoms with van der Waals surface area (Å²) < 4.78 is 4.78. The Balaban J connectivity index is 1.04. The van der Waals surface area contributed by atoms with Crippen molar-refractivity contribution in [2.75, 3.05) is 14.2 Å². The van der Waals surface area contributed by atoms with Gasteiger partial charge in [0.25, 0.3) is 0 Å². The number of imidazole rings is 2. The first-order chi connectivity index (χ1) is 26.7. The van der Waals surface area contributed by atoms with Crippen LogP contribution in [0.2, 0.25) is 0 Å². The molecule has 7 atom stereocenters. The Morgan fingerprint density at radius 2 is 1.61 bits per heavy atom. The zero-order valence-electron chi connectivity index (χ0n) is 32.9. The molecule has 7 rings (SSSR count). The Kier molecular flexibility index (Phi) is 10.5. The van der Waals surface area contributed by atoms with Crippen LogP contribution in [0.3, 0.4) is 0 Å². The van der Waals surface area contributed by atoms with Gasteiger partial charge in [-0.1, -0.05) is 51.8 Å². The molecule has 2 unspecified atom stereocenters. The third-order valence-electron chi connectivity index (χ3n) is 11.6. The van der Waals surface area contributed by atoms with Crippen LogP contribution >= 0.6 is 0 Å². The summed E-state index contributed by atoms with van der Waals surface area (Å²) in [6.45, 7) is 9.56. The maximum absolute atomic E-state index is 13.8. The first-order valence-corrected chi connectivity index (χ1v) is 19.4. The van der Waals surface area contributed by atoms with E-state index in [1.54, 1.807) is 6.20 Å². The number of H-pyrrole nitrogens is 2. The van der Waals surface area contributed by atoms with Crippen molar-refractivity contribution in [3.63, 3.8) is 0 Å². The SMILES string of the molecule is COC(=O)N[C@H](C(=O)N1C(C)CCC1c1nc(-c2ccc3cc(C#Cc4c[nH]c([C@@H]5C[C@H]6C[C@H]6N5C(=O)[C@H](C(C)C)N(C)C(=O)O)n4)ccc3c2)c[nH]1)C(C)C. The van der Waals surface area contributed by atoms with Crippen LogP contribution in [0.25, 0.3) is 22.0 Å². The number of aromatic nitrogens is 4. The van der Waals surface area contributed by atoms with Crippen molar-refractivity contribution in [1.82, 2.24) is 40.0 Å². The van der Waals surface area contributed by atoms with Crippen LogP contribution in [-0.4, -0.2) is 102 Å². The van der Waals surface area contributed by atoms with Crippen LogP contribution in [0.15, 0.2) is 48.8 Å². The number of hydrogen-bond acceptors (Lipinski definition) is 7. The van der Waals surface area contributed by atoms with Gasteiger partial charge in [0.15, 0.2) is 0 Å². The van der Waals surface area contributed by atoms with E-state index in [1.165, 1.54) is 14.2 Å². The molecule has 4 N–H and O–H groups in total. The van der Waals surface area contributed by atoms with E-state index >= 15 is 0 Å². The summed E-state index contributed by atoms with van der Waals surface area (Å²) in [5, 5.41) is 14.4. The highest BCUT2D eigenvalue weighted by atomic mass is 16.5. The highest BCUT2D eigenvalue weighted by Crippen LogP contribution is 2.53. The zero-order chi connectivity index (χ0) is 40.0. The number of carboxylic acid groups (broad SMARTS) is 1. The Hall–Kier alpha value is -5.84. The minimum absolute atomic E-state index is 0.00863. The van der Waals surface area contributed by atoms with E-state index in [4.69, 9.17) is 14.7 Å². The molecule has 1 aliphatic carbocycles. The van der Waals surface area contributed by atoms with E-state index in [2.05, 4.69) is 33.2 Å². The molecule has 2 aromatic carbocycles. The number of nitrogens with zero attached hydrogens (tertiary/aromatic N) is 5. The Bertz CT molecular complexity index is 2220. The number of piperidine rings is 1. The van der Waals surface area contributed by atoms with E-state index in [0.29, 0.717) is 23.3 Å². The standard InChI is InChI=1S/C42H50N8O6/c1-22(2)35(47-41(53)56-7)39(51)49-24(5)8-15-32(49)37-44-21-31(46-37)28-13-12-26-16-25(9-11-27(26)17-28)10-14-30-20-43-38(45-30)34-19-29-18-33(29)50(34)40(52)36(23(3)4)48(6)42(54)55/h9,11-13,16-17,20-24,29,32-36H,8,15,18-19H2,1-7H3,(H,43,45)(H,44,46)(H,47,53)(H,54,55)/t24?,29-,32?,33-,34+,35+,36+/m1/s1. The third-order valence-corrected chi connectivity index (χ3v) is 11.6. The van der Waals surface area contributed by atoms with Crippen molar-refractivity contribution in [2.45, 2.75) is 96.6 Å². The number of ether oxygens (including phenoxy) is 1. The summed E-state index contributed by atoms with van der Waals surface area (Å²) in [5.74, 6) is 7.54. The molecule has 2 aliphatic heterocycles. The lowest BCUT2D eigenvalue weighted by Gasteiger charge is -2.35. The number of hydrogen-bond donors (Lipinski definition) is 4. The van der Waals surface area contributed by atoms with Crippen LogP contribution in [-0.2, 0) is 14.3 Å². The average molecular weight is 763 g/mol. The number of aromatic amines is 2. The number of likely N-dealkylation sites (tertiary alicyclic amines) is 2. The van der Waals surface area contributed by atoms with Crippen molar-refractivity contribution < 1.29 is 29.0 Å². The number of nitrogens with one attached hydrogen (secondary N) is 3. The van der Waals surface area contributed by atoms with Gasteiger partial charge in [0.2, 0.25) is 11.8 Å². The molecule has 0 bridgehead atoms. The Labute approximate surface area is 326 Å². The van der Waals surface area contributed by atoms with Gasteiger partial charge in [0.1, 0.15) is 29.4 Å². The molecular formula is C42H50N8O6. The second-order valence-electron chi connectivity index (χ2n) is 16.1. The summed E-state index contributed by atoms with van der Waals surface area (Å²) in [6, 6.07) is 10.3. The summed E-state index contributed by atoms with van der Waals surface area (Å²) in [5.41, 5.74) is 3.10. The molecular weight excluding hydrogens is 713 g/mol. The van der Waals surface area contributed by atoms with Gasteiger partial charge in [0, 0.05) is 42.7 Å². The normalized spacial score (nSPS) is 22.4. The molecule has 0 spiro atoms. The first-order valence-electron chi connectivity index (χ1n) is 19.4. The van der Waals surface area contributed by atoms with E-state index in [1.807, 2.05) is 80.9 Å². The van der Waals surface area contributed by atoms with Crippen molar-refractivity contribution in [2.24, 2.45) is 17.8 Å². The van der Waals surface area contributed by atoms with Gasteiger partial charge in [0.05, 0.1) is 24.9 Å². The molecule has 0 radical (unpaired) electrons. The quantitative estimate of drug-likeness (QED) is 0.148. The lowest BCUT2D eigenvalue weighted by atomic mass is 10.0. The molecule has 4 aromatic rings. The van der Waals surface area contributed by atoms with Gasteiger partial charge in [-0.05, 0) is 85.3 Å². The van der Waals surface area contributed by atoms with Gasteiger partial charge >= 0.3 is 12.2 Å². The molecule has 4 amide bonds. The third kappa shape index (κ3) is 7.42. The van der Waals surface area contributed by atoms with Gasteiger partial charge < -0.3 is 34.9 Å². The van der Waals surface area contributed by atoms with Gasteiger partial charge in [-0.25, -0.2) is 19.6 Å². The van der Waals surface area contributed by atoms with Gasteiger partial charge in [-0.2, -0.15) is 0 Å². The fraction of sp³-hybridized carbons (Fsp3) is 0.476. The highest BCUT2D eigenvalue weighted by Gasteiger charge is 2.56. The molecule has 56 heavy (non-hydrogen) atoms. The van der Waals surface area contributed by atoms with Crippen LogP contribution in [0.5, 0.6) is 0 Å². The monoisotopic (exact) mass is 762 g/mol. The van der Waals surface area contributed by atoms with Crippen molar-refractivity contribution in [3.8, 4) is 23.1 Å². The average Bonchev–Trinajstić information content (AvgIpc) is 3.64. The van der Waals surface area contributed by atoms with Crippen molar-refractivity contribution in [1.29, 1.82) is 0 Å². The molecule has 2 saturated heterocycles. The van der Waals surface area contributed by atoms with Crippen molar-refractivity contribution >= 4 is 34.8 Å². The maximum atomic E-state index is 13.8. The first kappa shape index (κ1) is 38.4. The second-order valence-corrected chi connectivity index (χ2v) is 16.1. The molecule has 3 fully saturated rings. The lowest BCUT2D eigenvalue weighted by Crippen LogP contribution is -2.52. The molecule has 294 valence electrons. The largest absolute Gasteiger partial charge is 0.465 e. The number of carbonyl (C=O) groups excluding carboxylic acids is 3. The number of alkyl carbamates (subject to hydrolysis) is 1. The van der Waals surface area contributed by atoms with Crippen molar-refractivity contribution in [3.05, 3.63) is 71.7 Å². The summed E-state index contributed by atoms with van der Waals surface area (Å²) in [4.78, 5) is 72.4. The van der Waals surface area contributed by atoms with Crippen LogP contribution in [0.4, 0.5) is 9.59 Å². The summed E-state index contributed by atoms with van der Waals surface area (Å²) in [7, 11) is 2.74. The number of likely N-dealkylation sites (N-methyl/N-ethyl adjacent to an activating group) is 1. The molecule has 2 aromatic heterocycles. The second kappa shape index (κ2) is 15.4. The molecule has 14 nitrogen and oxygen atoms in total. The number of benzene rings is 2.